The molecule has 69 valence electrons. The van der Waals surface area contributed by atoms with Gasteiger partial charge in [-0.2, -0.15) is 0 Å². The van der Waals surface area contributed by atoms with E-state index in [1.54, 1.807) is 0 Å². The minimum Gasteiger partial charge on any atom is -0.490 e. The molecule has 1 heteroatoms. The lowest BCUT2D eigenvalue weighted by atomic mass is 10.0. The maximum absolute atomic E-state index is 5.80. The molecule has 0 saturated carbocycles. The highest BCUT2D eigenvalue weighted by atomic mass is 16.5. The zero-order chi connectivity index (χ0) is 9.26. The van der Waals surface area contributed by atoms with Crippen molar-refractivity contribution in [3.8, 4) is 5.75 Å². The van der Waals surface area contributed by atoms with Crippen molar-refractivity contribution in [2.24, 2.45) is 5.92 Å². The predicted molar refractivity (Wildman–Crippen MR) is 52.9 cm³/mol. The van der Waals surface area contributed by atoms with Crippen molar-refractivity contribution in [2.75, 3.05) is 0 Å². The summed E-state index contributed by atoms with van der Waals surface area (Å²) in [5.41, 5.74) is 1.31. The zero-order valence-electron chi connectivity index (χ0n) is 8.21. The average Bonchev–Trinajstić information content (AvgIpc) is 2.44. The molecule has 0 aromatic heterocycles. The predicted octanol–water partition coefficient (Wildman–Crippen LogP) is 2.84. The number of fused-ring (bicyclic) bond motifs is 1. The fraction of sp³-hybridized carbons (Fsp3) is 0.500. The molecule has 1 aromatic carbocycles. The van der Waals surface area contributed by atoms with E-state index in [1.807, 2.05) is 18.2 Å². The van der Waals surface area contributed by atoms with E-state index >= 15 is 0 Å². The SMILES string of the molecule is CC(C)CC1Cc2c[c]ccc2O1. The van der Waals surface area contributed by atoms with E-state index in [1.165, 1.54) is 5.56 Å². The van der Waals surface area contributed by atoms with Gasteiger partial charge in [-0.1, -0.05) is 19.9 Å². The van der Waals surface area contributed by atoms with Crippen LogP contribution in [0.25, 0.3) is 0 Å². The molecular formula is C12H15O. The van der Waals surface area contributed by atoms with Gasteiger partial charge in [-0.3, -0.25) is 0 Å². The maximum atomic E-state index is 5.80. The van der Waals surface area contributed by atoms with Gasteiger partial charge in [-0.25, -0.2) is 0 Å². The summed E-state index contributed by atoms with van der Waals surface area (Å²) in [7, 11) is 0. The largest absolute Gasteiger partial charge is 0.490 e. The summed E-state index contributed by atoms with van der Waals surface area (Å²) in [6, 6.07) is 9.05. The van der Waals surface area contributed by atoms with E-state index in [-0.39, 0.29) is 0 Å². The van der Waals surface area contributed by atoms with Gasteiger partial charge in [0.15, 0.2) is 0 Å². The van der Waals surface area contributed by atoms with E-state index in [4.69, 9.17) is 4.74 Å². The number of rotatable bonds is 2. The van der Waals surface area contributed by atoms with Gasteiger partial charge >= 0.3 is 0 Å². The third-order valence-electron chi connectivity index (χ3n) is 2.38. The second-order valence-corrected chi connectivity index (χ2v) is 4.11. The Bertz CT molecular complexity index is 266. The molecule has 0 N–H and O–H groups in total. The average molecular weight is 175 g/mol. The lowest BCUT2D eigenvalue weighted by Gasteiger charge is -2.12. The van der Waals surface area contributed by atoms with Gasteiger partial charge in [0.1, 0.15) is 11.9 Å². The molecular weight excluding hydrogens is 160 g/mol. The zero-order valence-corrected chi connectivity index (χ0v) is 8.21. The minimum atomic E-state index is 0.394. The van der Waals surface area contributed by atoms with Crippen LogP contribution in [0.4, 0.5) is 0 Å². The van der Waals surface area contributed by atoms with Crippen LogP contribution in [0, 0.1) is 12.0 Å². The second kappa shape index (κ2) is 3.41. The van der Waals surface area contributed by atoms with Crippen molar-refractivity contribution in [3.63, 3.8) is 0 Å². The summed E-state index contributed by atoms with van der Waals surface area (Å²) in [6.07, 6.45) is 2.60. The van der Waals surface area contributed by atoms with Crippen molar-refractivity contribution < 1.29 is 4.74 Å². The van der Waals surface area contributed by atoms with Gasteiger partial charge in [0, 0.05) is 6.42 Å². The number of ether oxygens (including phenoxy) is 1. The number of hydrogen-bond acceptors (Lipinski definition) is 1. The summed E-state index contributed by atoms with van der Waals surface area (Å²) in [5.74, 6) is 1.77. The molecule has 0 amide bonds. The molecule has 1 aromatic rings. The number of hydrogen-bond donors (Lipinski definition) is 0. The standard InChI is InChI=1S/C12H15O/c1-9(2)7-11-8-10-5-3-4-6-12(10)13-11/h4-6,9,11H,7-8H2,1-2H3. The fourth-order valence-electron chi connectivity index (χ4n) is 1.85. The summed E-state index contributed by atoms with van der Waals surface area (Å²) in [5, 5.41) is 0. The van der Waals surface area contributed by atoms with Crippen LogP contribution in [0.15, 0.2) is 18.2 Å². The Morgan fingerprint density at radius 3 is 3.15 bits per heavy atom. The Morgan fingerprint density at radius 2 is 2.46 bits per heavy atom. The Hall–Kier alpha value is -0.980. The molecule has 1 heterocycles. The van der Waals surface area contributed by atoms with Gasteiger partial charge < -0.3 is 4.74 Å². The molecule has 1 aliphatic rings. The third-order valence-corrected chi connectivity index (χ3v) is 2.38. The van der Waals surface area contributed by atoms with Crippen LogP contribution in [0.3, 0.4) is 0 Å². The molecule has 1 unspecified atom stereocenters. The molecule has 0 saturated heterocycles. The van der Waals surface area contributed by atoms with E-state index < -0.39 is 0 Å². The molecule has 0 spiro atoms. The highest BCUT2D eigenvalue weighted by Crippen LogP contribution is 2.30. The minimum absolute atomic E-state index is 0.394. The van der Waals surface area contributed by atoms with Crippen molar-refractivity contribution in [2.45, 2.75) is 32.8 Å². The summed E-state index contributed by atoms with van der Waals surface area (Å²) >= 11 is 0. The molecule has 1 nitrogen and oxygen atoms in total. The van der Waals surface area contributed by atoms with Crippen LogP contribution >= 0.6 is 0 Å². The molecule has 1 atom stereocenters. The first-order valence-electron chi connectivity index (χ1n) is 4.91. The first-order valence-corrected chi connectivity index (χ1v) is 4.91. The number of benzene rings is 1. The molecule has 0 bridgehead atoms. The molecule has 1 aliphatic heterocycles. The third kappa shape index (κ3) is 1.85. The first kappa shape index (κ1) is 8.61. The van der Waals surface area contributed by atoms with Crippen molar-refractivity contribution in [3.05, 3.63) is 29.8 Å². The van der Waals surface area contributed by atoms with Crippen LogP contribution in [0.2, 0.25) is 0 Å². The van der Waals surface area contributed by atoms with E-state index in [0.29, 0.717) is 12.0 Å². The van der Waals surface area contributed by atoms with E-state index in [2.05, 4.69) is 19.9 Å². The second-order valence-electron chi connectivity index (χ2n) is 4.11. The van der Waals surface area contributed by atoms with Gasteiger partial charge in [0.25, 0.3) is 0 Å². The van der Waals surface area contributed by atoms with Gasteiger partial charge in [-0.15, -0.1) is 0 Å². The molecule has 2 rings (SSSR count). The van der Waals surface area contributed by atoms with Crippen LogP contribution in [-0.4, -0.2) is 6.10 Å². The van der Waals surface area contributed by atoms with Gasteiger partial charge in [0.05, 0.1) is 0 Å². The van der Waals surface area contributed by atoms with Crippen LogP contribution in [-0.2, 0) is 6.42 Å². The Balaban J connectivity index is 2.05. The Kier molecular flexibility index (Phi) is 2.26. The molecule has 13 heavy (non-hydrogen) atoms. The van der Waals surface area contributed by atoms with Crippen molar-refractivity contribution >= 4 is 0 Å². The highest BCUT2D eigenvalue weighted by molar-refractivity contribution is 5.36. The van der Waals surface area contributed by atoms with Crippen LogP contribution in [0.1, 0.15) is 25.8 Å². The quantitative estimate of drug-likeness (QED) is 0.671. The van der Waals surface area contributed by atoms with Gasteiger partial charge in [-0.05, 0) is 36.1 Å². The lowest BCUT2D eigenvalue weighted by molar-refractivity contribution is 0.202. The lowest BCUT2D eigenvalue weighted by Crippen LogP contribution is -2.15. The van der Waals surface area contributed by atoms with Crippen LogP contribution in [0.5, 0.6) is 5.75 Å². The fourth-order valence-corrected chi connectivity index (χ4v) is 1.85. The monoisotopic (exact) mass is 175 g/mol. The smallest absolute Gasteiger partial charge is 0.123 e. The van der Waals surface area contributed by atoms with Crippen molar-refractivity contribution in [1.29, 1.82) is 0 Å². The summed E-state index contributed by atoms with van der Waals surface area (Å²) in [6.45, 7) is 4.47. The summed E-state index contributed by atoms with van der Waals surface area (Å²) in [4.78, 5) is 0. The first-order chi connectivity index (χ1) is 6.25. The van der Waals surface area contributed by atoms with E-state index in [9.17, 15) is 0 Å². The Morgan fingerprint density at radius 1 is 1.62 bits per heavy atom. The molecule has 0 fully saturated rings. The van der Waals surface area contributed by atoms with E-state index in [0.717, 1.165) is 18.6 Å². The van der Waals surface area contributed by atoms with Crippen molar-refractivity contribution in [1.82, 2.24) is 0 Å². The topological polar surface area (TPSA) is 9.23 Å². The summed E-state index contributed by atoms with van der Waals surface area (Å²) < 4.78 is 5.80. The Labute approximate surface area is 79.7 Å². The highest BCUT2D eigenvalue weighted by Gasteiger charge is 2.22. The van der Waals surface area contributed by atoms with Gasteiger partial charge in [0.2, 0.25) is 0 Å². The maximum Gasteiger partial charge on any atom is 0.123 e. The molecule has 0 aliphatic carbocycles. The molecule has 1 radical (unpaired) electrons. The normalized spacial score (nSPS) is 20.1. The van der Waals surface area contributed by atoms with Crippen LogP contribution < -0.4 is 4.74 Å².